The molecule has 4 nitrogen and oxygen atoms in total. The summed E-state index contributed by atoms with van der Waals surface area (Å²) in [5, 5.41) is 2.60. The monoisotopic (exact) mass is 364 g/mol. The van der Waals surface area contributed by atoms with Gasteiger partial charge >= 0.3 is 0 Å². The lowest BCUT2D eigenvalue weighted by atomic mass is 10.2. The van der Waals surface area contributed by atoms with Gasteiger partial charge in [-0.2, -0.15) is 0 Å². The van der Waals surface area contributed by atoms with Crippen molar-refractivity contribution in [1.29, 1.82) is 0 Å². The molecule has 1 N–H and O–H groups in total. The maximum Gasteiger partial charge on any atom is 0.237 e. The van der Waals surface area contributed by atoms with Crippen LogP contribution in [0, 0.1) is 5.82 Å². The van der Waals surface area contributed by atoms with Crippen molar-refractivity contribution in [2.45, 2.75) is 11.3 Å². The second kappa shape index (κ2) is 7.23. The summed E-state index contributed by atoms with van der Waals surface area (Å²) in [6.07, 6.45) is 0.139. The molecule has 124 valence electrons. The van der Waals surface area contributed by atoms with Crippen molar-refractivity contribution in [2.24, 2.45) is 0 Å². The van der Waals surface area contributed by atoms with E-state index >= 15 is 0 Å². The highest BCUT2D eigenvalue weighted by Gasteiger charge is 2.24. The molecule has 0 saturated heterocycles. The zero-order valence-corrected chi connectivity index (χ0v) is 14.2. The van der Waals surface area contributed by atoms with E-state index in [0.717, 1.165) is 10.6 Å². The maximum atomic E-state index is 13.1. The van der Waals surface area contributed by atoms with E-state index in [1.54, 1.807) is 4.90 Å². The largest absolute Gasteiger partial charge is 0.326 e. The molecule has 0 unspecified atom stereocenters. The average Bonchev–Trinajstić information content (AvgIpc) is 2.57. The van der Waals surface area contributed by atoms with Crippen LogP contribution in [-0.4, -0.2) is 24.1 Å². The number of hydrogen-bond donors (Lipinski definition) is 1. The number of carbonyl (C=O) groups is 2. The minimum Gasteiger partial charge on any atom is -0.326 e. The van der Waals surface area contributed by atoms with Gasteiger partial charge in [-0.25, -0.2) is 4.39 Å². The minimum absolute atomic E-state index is 0.0173. The lowest BCUT2D eigenvalue weighted by molar-refractivity contribution is -0.117. The van der Waals surface area contributed by atoms with Crippen LogP contribution in [0.15, 0.2) is 47.4 Å². The highest BCUT2D eigenvalue weighted by Crippen LogP contribution is 2.34. The summed E-state index contributed by atoms with van der Waals surface area (Å²) < 4.78 is 13.1. The Kier molecular flexibility index (Phi) is 5.06. The van der Waals surface area contributed by atoms with Gasteiger partial charge in [-0.1, -0.05) is 23.7 Å². The van der Waals surface area contributed by atoms with Crippen LogP contribution < -0.4 is 10.2 Å². The van der Waals surface area contributed by atoms with Gasteiger partial charge in [0.25, 0.3) is 0 Å². The fourth-order valence-corrected chi connectivity index (χ4v) is 3.53. The van der Waals surface area contributed by atoms with Gasteiger partial charge in [0, 0.05) is 23.5 Å². The van der Waals surface area contributed by atoms with Crippen molar-refractivity contribution in [3.63, 3.8) is 0 Å². The molecule has 0 radical (unpaired) electrons. The summed E-state index contributed by atoms with van der Waals surface area (Å²) in [5.74, 6) is -0.452. The van der Waals surface area contributed by atoms with Crippen molar-refractivity contribution in [1.82, 2.24) is 0 Å². The molecule has 1 aliphatic rings. The standard InChI is InChI=1S/C17H14ClFN2O2S/c18-12-9-11(5-6-13(12)19)20-16(22)7-8-21-14-3-1-2-4-15(14)24-10-17(21)23/h1-6,9H,7-8,10H2,(H,20,22). The molecule has 1 aliphatic heterocycles. The lowest BCUT2D eigenvalue weighted by Crippen LogP contribution is -2.37. The maximum absolute atomic E-state index is 13.1. The van der Waals surface area contributed by atoms with Gasteiger partial charge in [-0.05, 0) is 30.3 Å². The number of nitrogens with zero attached hydrogens (tertiary/aromatic N) is 1. The van der Waals surface area contributed by atoms with E-state index in [2.05, 4.69) is 5.32 Å². The SMILES string of the molecule is O=C(CCN1C(=O)CSc2ccccc21)Nc1ccc(F)c(Cl)c1. The molecule has 3 rings (SSSR count). The summed E-state index contributed by atoms with van der Waals surface area (Å²) >= 11 is 7.19. The Balaban J connectivity index is 1.64. The Morgan fingerprint density at radius 3 is 2.88 bits per heavy atom. The topological polar surface area (TPSA) is 49.4 Å². The lowest BCUT2D eigenvalue weighted by Gasteiger charge is -2.28. The predicted molar refractivity (Wildman–Crippen MR) is 94.2 cm³/mol. The van der Waals surface area contributed by atoms with E-state index < -0.39 is 5.82 Å². The molecule has 0 saturated carbocycles. The van der Waals surface area contributed by atoms with Crippen molar-refractivity contribution in [2.75, 3.05) is 22.5 Å². The van der Waals surface area contributed by atoms with Crippen LogP contribution in [0.4, 0.5) is 15.8 Å². The van der Waals surface area contributed by atoms with Crippen molar-refractivity contribution in [3.8, 4) is 0 Å². The van der Waals surface area contributed by atoms with Crippen LogP contribution in [0.1, 0.15) is 6.42 Å². The van der Waals surface area contributed by atoms with E-state index in [9.17, 15) is 14.0 Å². The molecule has 0 aromatic heterocycles. The second-order valence-corrected chi connectivity index (χ2v) is 6.65. The number of rotatable bonds is 4. The molecular formula is C17H14ClFN2O2S. The van der Waals surface area contributed by atoms with Gasteiger partial charge in [-0.15, -0.1) is 11.8 Å². The summed E-state index contributed by atoms with van der Waals surface area (Å²) in [4.78, 5) is 26.9. The third kappa shape index (κ3) is 3.71. The van der Waals surface area contributed by atoms with Gasteiger partial charge in [0.2, 0.25) is 11.8 Å². The number of para-hydroxylation sites is 1. The molecule has 0 bridgehead atoms. The summed E-state index contributed by atoms with van der Waals surface area (Å²) in [6.45, 7) is 0.289. The van der Waals surface area contributed by atoms with E-state index in [0.29, 0.717) is 11.4 Å². The Bertz CT molecular complexity index is 800. The Hall–Kier alpha value is -2.05. The van der Waals surface area contributed by atoms with Gasteiger partial charge in [0.1, 0.15) is 5.82 Å². The number of halogens is 2. The molecule has 1 heterocycles. The quantitative estimate of drug-likeness (QED) is 0.893. The second-order valence-electron chi connectivity index (χ2n) is 5.23. The molecule has 7 heteroatoms. The molecule has 0 aliphatic carbocycles. The molecular weight excluding hydrogens is 351 g/mol. The molecule has 2 aromatic carbocycles. The third-order valence-corrected chi connectivity index (χ3v) is 4.91. The third-order valence-electron chi connectivity index (χ3n) is 3.57. The molecule has 0 fully saturated rings. The first kappa shape index (κ1) is 16.8. The van der Waals surface area contributed by atoms with Gasteiger partial charge in [-0.3, -0.25) is 9.59 Å². The van der Waals surface area contributed by atoms with Crippen LogP contribution in [-0.2, 0) is 9.59 Å². The first-order valence-corrected chi connectivity index (χ1v) is 8.68. The highest BCUT2D eigenvalue weighted by molar-refractivity contribution is 8.00. The normalized spacial score (nSPS) is 13.6. The first-order chi connectivity index (χ1) is 11.5. The van der Waals surface area contributed by atoms with Crippen molar-refractivity contribution >= 4 is 46.6 Å². The van der Waals surface area contributed by atoms with Gasteiger partial charge < -0.3 is 10.2 Å². The number of hydrogen-bond acceptors (Lipinski definition) is 3. The van der Waals surface area contributed by atoms with Crippen LogP contribution in [0.5, 0.6) is 0 Å². The fraction of sp³-hybridized carbons (Fsp3) is 0.176. The molecule has 0 spiro atoms. The van der Waals surface area contributed by atoms with E-state index in [1.165, 1.54) is 30.0 Å². The Morgan fingerprint density at radius 2 is 2.08 bits per heavy atom. The molecule has 0 atom stereocenters. The molecule has 2 amide bonds. The van der Waals surface area contributed by atoms with Crippen LogP contribution in [0.25, 0.3) is 0 Å². The zero-order chi connectivity index (χ0) is 17.1. The number of fused-ring (bicyclic) bond motifs is 1. The number of anilines is 2. The van der Waals surface area contributed by atoms with Crippen LogP contribution >= 0.6 is 23.4 Å². The first-order valence-electron chi connectivity index (χ1n) is 7.31. The Morgan fingerprint density at radius 1 is 1.29 bits per heavy atom. The number of nitrogens with one attached hydrogen (secondary N) is 1. The van der Waals surface area contributed by atoms with Crippen LogP contribution in [0.3, 0.4) is 0 Å². The fourth-order valence-electron chi connectivity index (χ4n) is 2.41. The summed E-state index contributed by atoms with van der Waals surface area (Å²) in [5.41, 5.74) is 1.25. The highest BCUT2D eigenvalue weighted by atomic mass is 35.5. The summed E-state index contributed by atoms with van der Waals surface area (Å²) in [7, 11) is 0. The van der Waals surface area contributed by atoms with E-state index in [4.69, 9.17) is 11.6 Å². The van der Waals surface area contributed by atoms with Crippen molar-refractivity contribution < 1.29 is 14.0 Å². The van der Waals surface area contributed by atoms with Gasteiger partial charge in [0.15, 0.2) is 0 Å². The predicted octanol–water partition coefficient (Wildman–Crippen LogP) is 3.95. The van der Waals surface area contributed by atoms with Gasteiger partial charge in [0.05, 0.1) is 16.5 Å². The molecule has 24 heavy (non-hydrogen) atoms. The van der Waals surface area contributed by atoms with Crippen LogP contribution in [0.2, 0.25) is 5.02 Å². The number of amides is 2. The molecule has 2 aromatic rings. The minimum atomic E-state index is -0.539. The smallest absolute Gasteiger partial charge is 0.237 e. The number of benzene rings is 2. The zero-order valence-electron chi connectivity index (χ0n) is 12.6. The summed E-state index contributed by atoms with van der Waals surface area (Å²) in [6, 6.07) is 11.6. The Labute approximate surface area is 148 Å². The van der Waals surface area contributed by atoms with E-state index in [-0.39, 0.29) is 29.8 Å². The van der Waals surface area contributed by atoms with E-state index in [1.807, 2.05) is 24.3 Å². The number of carbonyl (C=O) groups excluding carboxylic acids is 2. The average molecular weight is 365 g/mol. The van der Waals surface area contributed by atoms with Crippen molar-refractivity contribution in [3.05, 3.63) is 53.3 Å². The number of thioether (sulfide) groups is 1.